The highest BCUT2D eigenvalue weighted by atomic mass is 16.5. The van der Waals surface area contributed by atoms with E-state index in [1.165, 1.54) is 0 Å². The third-order valence-electron chi connectivity index (χ3n) is 5.13. The molecular formula is C24H26N4O3. The Labute approximate surface area is 181 Å². The minimum absolute atomic E-state index is 0.0379. The van der Waals surface area contributed by atoms with Gasteiger partial charge in [-0.2, -0.15) is 5.10 Å². The lowest BCUT2D eigenvalue weighted by Crippen LogP contribution is -2.23. The number of aromatic nitrogens is 3. The van der Waals surface area contributed by atoms with Crippen molar-refractivity contribution in [2.24, 2.45) is 0 Å². The summed E-state index contributed by atoms with van der Waals surface area (Å²) in [6, 6.07) is 16.1. The number of para-hydroxylation sites is 2. The van der Waals surface area contributed by atoms with Gasteiger partial charge in [0, 0.05) is 37.6 Å². The summed E-state index contributed by atoms with van der Waals surface area (Å²) in [4.78, 5) is 4.53. The van der Waals surface area contributed by atoms with Crippen molar-refractivity contribution in [2.75, 3.05) is 33.3 Å². The number of pyridine rings is 1. The average molecular weight is 418 g/mol. The lowest BCUT2D eigenvalue weighted by atomic mass is 10.0. The largest absolute Gasteiger partial charge is 0.495 e. The first-order valence-electron chi connectivity index (χ1n) is 10.0. The second kappa shape index (κ2) is 9.59. The molecule has 1 N–H and O–H groups in total. The lowest BCUT2D eigenvalue weighted by Gasteiger charge is -2.13. The molecule has 0 aliphatic rings. The van der Waals surface area contributed by atoms with E-state index in [4.69, 9.17) is 14.2 Å². The standard InChI is InChI=1S/C24H26N4O3/c1-29-16-21(30-2)15-28-14-20(13-26-28)17-8-9-18-12-25-24(11-19(18)10-17)27-22-6-4-5-7-23(22)31-3/h4-14,21H,15-16H2,1-3H3,(H,25,27). The minimum Gasteiger partial charge on any atom is -0.495 e. The van der Waals surface area contributed by atoms with Crippen molar-refractivity contribution in [1.29, 1.82) is 0 Å². The number of nitrogens with zero attached hydrogens (tertiary/aromatic N) is 3. The van der Waals surface area contributed by atoms with Crippen LogP contribution in [0.1, 0.15) is 0 Å². The molecule has 0 radical (unpaired) electrons. The highest BCUT2D eigenvalue weighted by Gasteiger charge is 2.10. The van der Waals surface area contributed by atoms with Gasteiger partial charge >= 0.3 is 0 Å². The third kappa shape index (κ3) is 4.84. The van der Waals surface area contributed by atoms with Crippen molar-refractivity contribution in [1.82, 2.24) is 14.8 Å². The fraction of sp³-hybridized carbons (Fsp3) is 0.250. The maximum atomic E-state index is 5.44. The number of hydrogen-bond donors (Lipinski definition) is 1. The van der Waals surface area contributed by atoms with Crippen molar-refractivity contribution in [3.8, 4) is 16.9 Å². The fourth-order valence-electron chi connectivity index (χ4n) is 3.48. The number of benzene rings is 2. The highest BCUT2D eigenvalue weighted by Crippen LogP contribution is 2.29. The van der Waals surface area contributed by atoms with E-state index in [9.17, 15) is 0 Å². The van der Waals surface area contributed by atoms with Crippen LogP contribution in [0.2, 0.25) is 0 Å². The zero-order chi connectivity index (χ0) is 21.6. The van der Waals surface area contributed by atoms with E-state index in [0.29, 0.717) is 13.2 Å². The lowest BCUT2D eigenvalue weighted by molar-refractivity contribution is 0.0163. The second-order valence-electron chi connectivity index (χ2n) is 7.22. The summed E-state index contributed by atoms with van der Waals surface area (Å²) in [7, 11) is 5.01. The summed E-state index contributed by atoms with van der Waals surface area (Å²) in [5.74, 6) is 1.53. The van der Waals surface area contributed by atoms with Gasteiger partial charge in [-0.25, -0.2) is 4.98 Å². The van der Waals surface area contributed by atoms with E-state index in [-0.39, 0.29) is 6.10 Å². The Kier molecular flexibility index (Phi) is 6.45. The van der Waals surface area contributed by atoms with Crippen LogP contribution >= 0.6 is 0 Å². The molecule has 1 unspecified atom stereocenters. The molecule has 7 nitrogen and oxygen atoms in total. The molecule has 160 valence electrons. The normalized spacial score (nSPS) is 12.1. The number of nitrogens with one attached hydrogen (secondary N) is 1. The molecule has 0 amide bonds. The molecule has 0 spiro atoms. The quantitative estimate of drug-likeness (QED) is 0.431. The Morgan fingerprint density at radius 2 is 1.84 bits per heavy atom. The van der Waals surface area contributed by atoms with Crippen LogP contribution in [-0.2, 0) is 16.0 Å². The third-order valence-corrected chi connectivity index (χ3v) is 5.13. The molecule has 2 heterocycles. The molecule has 2 aromatic heterocycles. The van der Waals surface area contributed by atoms with E-state index in [0.717, 1.165) is 39.2 Å². The number of methoxy groups -OCH3 is 3. The Hall–Kier alpha value is -3.42. The number of anilines is 2. The number of fused-ring (bicyclic) bond motifs is 1. The molecule has 0 saturated heterocycles. The summed E-state index contributed by atoms with van der Waals surface area (Å²) < 4.78 is 17.9. The molecule has 0 aliphatic carbocycles. The van der Waals surface area contributed by atoms with Crippen LogP contribution in [0.4, 0.5) is 11.5 Å². The van der Waals surface area contributed by atoms with Crippen LogP contribution in [-0.4, -0.2) is 48.8 Å². The molecule has 0 fully saturated rings. The van der Waals surface area contributed by atoms with E-state index < -0.39 is 0 Å². The van der Waals surface area contributed by atoms with Gasteiger partial charge in [0.15, 0.2) is 0 Å². The van der Waals surface area contributed by atoms with Crippen LogP contribution in [0.25, 0.3) is 21.9 Å². The molecule has 7 heteroatoms. The molecule has 0 bridgehead atoms. The Morgan fingerprint density at radius 3 is 2.65 bits per heavy atom. The Morgan fingerprint density at radius 1 is 0.968 bits per heavy atom. The molecule has 1 atom stereocenters. The SMILES string of the molecule is COCC(Cn1cc(-c2ccc3cnc(Nc4ccccc4OC)cc3c2)cn1)OC. The number of ether oxygens (including phenoxy) is 3. The smallest absolute Gasteiger partial charge is 0.142 e. The first kappa shape index (κ1) is 20.8. The molecule has 0 aliphatic heterocycles. The minimum atomic E-state index is -0.0379. The number of hydrogen-bond acceptors (Lipinski definition) is 6. The van der Waals surface area contributed by atoms with E-state index in [2.05, 4.69) is 33.6 Å². The van der Waals surface area contributed by atoms with Crippen molar-refractivity contribution in [3.63, 3.8) is 0 Å². The summed E-state index contributed by atoms with van der Waals surface area (Å²) >= 11 is 0. The van der Waals surface area contributed by atoms with Gasteiger partial charge in [-0.1, -0.05) is 24.3 Å². The van der Waals surface area contributed by atoms with Gasteiger partial charge in [0.25, 0.3) is 0 Å². The molecular weight excluding hydrogens is 392 g/mol. The first-order chi connectivity index (χ1) is 15.2. The predicted octanol–water partition coefficient (Wildman–Crippen LogP) is 4.51. The number of rotatable bonds is 9. The summed E-state index contributed by atoms with van der Waals surface area (Å²) in [5.41, 5.74) is 3.01. The molecule has 31 heavy (non-hydrogen) atoms. The van der Waals surface area contributed by atoms with E-state index in [1.54, 1.807) is 21.3 Å². The average Bonchev–Trinajstić information content (AvgIpc) is 3.27. The topological polar surface area (TPSA) is 70.4 Å². The maximum Gasteiger partial charge on any atom is 0.142 e. The zero-order valence-corrected chi connectivity index (χ0v) is 17.9. The summed E-state index contributed by atoms with van der Waals surface area (Å²) in [6.45, 7) is 1.16. The van der Waals surface area contributed by atoms with E-state index >= 15 is 0 Å². The van der Waals surface area contributed by atoms with Gasteiger partial charge in [0.1, 0.15) is 11.6 Å². The molecule has 0 saturated carbocycles. The summed E-state index contributed by atoms with van der Waals surface area (Å²) in [5, 5.41) is 9.98. The molecule has 4 rings (SSSR count). The molecule has 4 aromatic rings. The fourth-order valence-corrected chi connectivity index (χ4v) is 3.48. The van der Waals surface area contributed by atoms with Gasteiger partial charge in [-0.15, -0.1) is 0 Å². The van der Waals surface area contributed by atoms with Crippen molar-refractivity contribution < 1.29 is 14.2 Å². The van der Waals surface area contributed by atoms with Gasteiger partial charge in [0.05, 0.1) is 38.2 Å². The van der Waals surface area contributed by atoms with Crippen molar-refractivity contribution in [2.45, 2.75) is 12.6 Å². The monoisotopic (exact) mass is 418 g/mol. The van der Waals surface area contributed by atoms with Crippen LogP contribution in [0.15, 0.2) is 67.1 Å². The summed E-state index contributed by atoms with van der Waals surface area (Å²) in [6.07, 6.45) is 5.73. The van der Waals surface area contributed by atoms with Gasteiger partial charge in [0.2, 0.25) is 0 Å². The molecule has 2 aromatic carbocycles. The van der Waals surface area contributed by atoms with Gasteiger partial charge in [-0.05, 0) is 35.2 Å². The van der Waals surface area contributed by atoms with Crippen LogP contribution in [0, 0.1) is 0 Å². The van der Waals surface area contributed by atoms with Gasteiger partial charge in [-0.3, -0.25) is 4.68 Å². The van der Waals surface area contributed by atoms with Gasteiger partial charge < -0.3 is 19.5 Å². The van der Waals surface area contributed by atoms with Crippen molar-refractivity contribution in [3.05, 3.63) is 67.1 Å². The van der Waals surface area contributed by atoms with E-state index in [1.807, 2.05) is 53.6 Å². The van der Waals surface area contributed by atoms with Crippen LogP contribution < -0.4 is 10.1 Å². The zero-order valence-electron chi connectivity index (χ0n) is 17.9. The first-order valence-corrected chi connectivity index (χ1v) is 10.0. The Bertz CT molecular complexity index is 1160. The van der Waals surface area contributed by atoms with Crippen LogP contribution in [0.3, 0.4) is 0 Å². The predicted molar refractivity (Wildman–Crippen MR) is 122 cm³/mol. The Balaban J connectivity index is 1.58. The highest BCUT2D eigenvalue weighted by molar-refractivity contribution is 5.88. The maximum absolute atomic E-state index is 5.44. The van der Waals surface area contributed by atoms with Crippen LogP contribution in [0.5, 0.6) is 5.75 Å². The van der Waals surface area contributed by atoms with Crippen molar-refractivity contribution >= 4 is 22.3 Å². The second-order valence-corrected chi connectivity index (χ2v) is 7.22.